The van der Waals surface area contributed by atoms with Gasteiger partial charge in [0.2, 0.25) is 0 Å². The van der Waals surface area contributed by atoms with Gasteiger partial charge in [0.1, 0.15) is 6.23 Å². The first-order valence-corrected chi connectivity index (χ1v) is 7.86. The Morgan fingerprint density at radius 2 is 2.00 bits per heavy atom. The monoisotopic (exact) mass is 269 g/mol. The van der Waals surface area contributed by atoms with Crippen LogP contribution in [0.25, 0.3) is 0 Å². The van der Waals surface area contributed by atoms with Gasteiger partial charge in [0, 0.05) is 25.9 Å². The van der Waals surface area contributed by atoms with E-state index in [1.807, 2.05) is 0 Å². The van der Waals surface area contributed by atoms with Crippen molar-refractivity contribution in [2.75, 3.05) is 26.3 Å². The Labute approximate surface area is 116 Å². The van der Waals surface area contributed by atoms with Crippen molar-refractivity contribution in [3.63, 3.8) is 0 Å². The minimum Gasteiger partial charge on any atom is -0.362 e. The molecule has 19 heavy (non-hydrogen) atoms. The second kappa shape index (κ2) is 5.68. The van der Waals surface area contributed by atoms with E-state index in [1.165, 1.54) is 19.3 Å². The molecule has 0 unspecified atom stereocenters. The van der Waals surface area contributed by atoms with Crippen LogP contribution in [-0.4, -0.2) is 49.3 Å². The highest BCUT2D eigenvalue weighted by Crippen LogP contribution is 2.38. The van der Waals surface area contributed by atoms with Crippen LogP contribution in [0.5, 0.6) is 0 Å². The maximum atomic E-state index is 6.26. The predicted molar refractivity (Wildman–Crippen MR) is 72.8 cm³/mol. The van der Waals surface area contributed by atoms with Crippen LogP contribution in [-0.2, 0) is 14.2 Å². The zero-order chi connectivity index (χ0) is 13.3. The number of rotatable bonds is 3. The molecule has 0 amide bonds. The van der Waals surface area contributed by atoms with Crippen molar-refractivity contribution in [1.82, 2.24) is 4.90 Å². The molecule has 4 nitrogen and oxygen atoms in total. The molecule has 0 N–H and O–H groups in total. The van der Waals surface area contributed by atoms with Crippen LogP contribution in [0.1, 0.15) is 46.0 Å². The number of hydrogen-bond acceptors (Lipinski definition) is 4. The lowest BCUT2D eigenvalue weighted by atomic mass is 9.94. The molecule has 2 saturated heterocycles. The zero-order valence-corrected chi connectivity index (χ0v) is 12.3. The van der Waals surface area contributed by atoms with Crippen molar-refractivity contribution >= 4 is 0 Å². The van der Waals surface area contributed by atoms with Gasteiger partial charge in [0.15, 0.2) is 5.79 Å². The Kier molecular flexibility index (Phi) is 4.13. The molecule has 0 aromatic carbocycles. The first kappa shape index (κ1) is 13.8. The Hall–Kier alpha value is -0.160. The molecule has 2 heterocycles. The Balaban J connectivity index is 1.54. The van der Waals surface area contributed by atoms with Gasteiger partial charge < -0.3 is 14.2 Å². The minimum atomic E-state index is -0.239. The summed E-state index contributed by atoms with van der Waals surface area (Å²) in [5.41, 5.74) is 0. The summed E-state index contributed by atoms with van der Waals surface area (Å²) < 4.78 is 18.1. The fourth-order valence-corrected chi connectivity index (χ4v) is 3.65. The van der Waals surface area contributed by atoms with Crippen LogP contribution < -0.4 is 0 Å². The summed E-state index contributed by atoms with van der Waals surface area (Å²) in [5, 5.41) is 0. The number of nitrogens with zero attached hydrogens (tertiary/aromatic N) is 1. The third-order valence-electron chi connectivity index (χ3n) is 4.56. The Morgan fingerprint density at radius 3 is 2.74 bits per heavy atom. The van der Waals surface area contributed by atoms with Gasteiger partial charge in [-0.1, -0.05) is 20.3 Å². The van der Waals surface area contributed by atoms with Gasteiger partial charge in [0.05, 0.1) is 19.3 Å². The van der Waals surface area contributed by atoms with E-state index in [1.54, 1.807) is 0 Å². The minimum absolute atomic E-state index is 0.223. The van der Waals surface area contributed by atoms with E-state index in [9.17, 15) is 0 Å². The van der Waals surface area contributed by atoms with Crippen LogP contribution in [0.15, 0.2) is 0 Å². The molecule has 1 saturated carbocycles. The van der Waals surface area contributed by atoms with Gasteiger partial charge in [-0.25, -0.2) is 0 Å². The second-order valence-electron chi connectivity index (χ2n) is 6.52. The van der Waals surface area contributed by atoms with E-state index in [4.69, 9.17) is 14.2 Å². The summed E-state index contributed by atoms with van der Waals surface area (Å²) in [5.74, 6) is 0.296. The lowest BCUT2D eigenvalue weighted by molar-refractivity contribution is -0.189. The molecule has 4 heteroatoms. The molecular weight excluding hydrogens is 242 g/mol. The lowest BCUT2D eigenvalue weighted by Gasteiger charge is -2.33. The molecule has 0 aromatic heterocycles. The van der Waals surface area contributed by atoms with Crippen molar-refractivity contribution < 1.29 is 14.2 Å². The quantitative estimate of drug-likeness (QED) is 0.787. The summed E-state index contributed by atoms with van der Waals surface area (Å²) in [6, 6.07) is 0. The highest BCUT2D eigenvalue weighted by molar-refractivity contribution is 4.85. The van der Waals surface area contributed by atoms with Crippen LogP contribution in [0.4, 0.5) is 0 Å². The summed E-state index contributed by atoms with van der Waals surface area (Å²) in [7, 11) is 0. The molecule has 0 aromatic rings. The highest BCUT2D eigenvalue weighted by Gasteiger charge is 2.43. The van der Waals surface area contributed by atoms with Crippen LogP contribution >= 0.6 is 0 Å². The van der Waals surface area contributed by atoms with E-state index in [0.29, 0.717) is 5.92 Å². The largest absolute Gasteiger partial charge is 0.362 e. The fraction of sp³-hybridized carbons (Fsp3) is 1.00. The Morgan fingerprint density at radius 1 is 1.21 bits per heavy atom. The van der Waals surface area contributed by atoms with Crippen molar-refractivity contribution in [3.05, 3.63) is 0 Å². The number of ether oxygens (including phenoxy) is 3. The van der Waals surface area contributed by atoms with Gasteiger partial charge in [0.25, 0.3) is 0 Å². The van der Waals surface area contributed by atoms with E-state index < -0.39 is 0 Å². The van der Waals surface area contributed by atoms with Gasteiger partial charge in [-0.15, -0.1) is 0 Å². The topological polar surface area (TPSA) is 30.9 Å². The third-order valence-corrected chi connectivity index (χ3v) is 4.56. The normalized spacial score (nSPS) is 35.5. The van der Waals surface area contributed by atoms with Gasteiger partial charge in [-0.3, -0.25) is 4.90 Å². The molecule has 2 atom stereocenters. The van der Waals surface area contributed by atoms with E-state index >= 15 is 0 Å². The zero-order valence-electron chi connectivity index (χ0n) is 12.3. The molecule has 110 valence electrons. The van der Waals surface area contributed by atoms with Crippen LogP contribution in [0.2, 0.25) is 0 Å². The van der Waals surface area contributed by atoms with Gasteiger partial charge in [-0.2, -0.15) is 0 Å². The molecule has 3 aliphatic rings. The lowest BCUT2D eigenvalue weighted by Crippen LogP contribution is -2.41. The smallest absolute Gasteiger partial charge is 0.168 e. The summed E-state index contributed by atoms with van der Waals surface area (Å²) in [4.78, 5) is 2.42. The Bertz CT molecular complexity index is 302. The van der Waals surface area contributed by atoms with Crippen molar-refractivity contribution in [2.45, 2.75) is 64.1 Å². The second-order valence-corrected chi connectivity index (χ2v) is 6.52. The number of hydrogen-bond donors (Lipinski definition) is 0. The SMILES string of the molecule is CC(C)[C@H]1OCCN1C[C@@H]1COC2(CCCCC2)O1. The molecule has 1 spiro atoms. The summed E-state index contributed by atoms with van der Waals surface area (Å²) >= 11 is 0. The van der Waals surface area contributed by atoms with Crippen molar-refractivity contribution in [2.24, 2.45) is 5.92 Å². The molecule has 3 fully saturated rings. The molecule has 0 radical (unpaired) electrons. The van der Waals surface area contributed by atoms with Gasteiger partial charge in [-0.05, 0) is 18.8 Å². The van der Waals surface area contributed by atoms with E-state index in [-0.39, 0.29) is 18.1 Å². The molecular formula is C15H27NO3. The van der Waals surface area contributed by atoms with Crippen molar-refractivity contribution in [1.29, 1.82) is 0 Å². The maximum absolute atomic E-state index is 6.26. The maximum Gasteiger partial charge on any atom is 0.168 e. The van der Waals surface area contributed by atoms with Gasteiger partial charge >= 0.3 is 0 Å². The summed E-state index contributed by atoms with van der Waals surface area (Å²) in [6.45, 7) is 8.01. The molecule has 0 bridgehead atoms. The molecule has 3 rings (SSSR count). The third kappa shape index (κ3) is 2.97. The van der Waals surface area contributed by atoms with Crippen molar-refractivity contribution in [3.8, 4) is 0 Å². The molecule has 1 aliphatic carbocycles. The van der Waals surface area contributed by atoms with Crippen LogP contribution in [0.3, 0.4) is 0 Å². The van der Waals surface area contributed by atoms with Crippen LogP contribution in [0, 0.1) is 5.92 Å². The first-order valence-electron chi connectivity index (χ1n) is 7.86. The first-order chi connectivity index (χ1) is 9.19. The average Bonchev–Trinajstić information content (AvgIpc) is 2.99. The highest BCUT2D eigenvalue weighted by atomic mass is 16.7. The average molecular weight is 269 g/mol. The molecule has 2 aliphatic heterocycles. The summed E-state index contributed by atoms with van der Waals surface area (Å²) in [6.07, 6.45) is 6.45. The predicted octanol–water partition coefficient (Wildman–Crippen LogP) is 2.38. The van der Waals surface area contributed by atoms with E-state index in [2.05, 4.69) is 18.7 Å². The fourth-order valence-electron chi connectivity index (χ4n) is 3.65. The standard InChI is InChI=1S/C15H27NO3/c1-12(2)14-16(8-9-17-14)10-13-11-18-15(19-13)6-4-3-5-7-15/h12-14H,3-11H2,1-2H3/t13-,14-/m1/s1. The van der Waals surface area contributed by atoms with E-state index in [0.717, 1.165) is 39.1 Å².